The van der Waals surface area contributed by atoms with Crippen LogP contribution in [0, 0.1) is 11.3 Å². The minimum Gasteiger partial charge on any atom is -0.508 e. The Kier molecular flexibility index (Phi) is 5.69. The second-order valence-corrected chi connectivity index (χ2v) is 7.44. The van der Waals surface area contributed by atoms with E-state index in [1.165, 1.54) is 37.7 Å². The molecule has 2 N–H and O–H groups in total. The number of hydrogen-bond acceptors (Lipinski definition) is 2. The first kappa shape index (κ1) is 16.4. The molecule has 1 unspecified atom stereocenters. The maximum absolute atomic E-state index is 9.66. The van der Waals surface area contributed by atoms with Gasteiger partial charge in [0.25, 0.3) is 0 Å². The highest BCUT2D eigenvalue weighted by atomic mass is 16.3. The van der Waals surface area contributed by atoms with Gasteiger partial charge in [0.15, 0.2) is 0 Å². The lowest BCUT2D eigenvalue weighted by Gasteiger charge is -2.38. The largest absolute Gasteiger partial charge is 0.508 e. The number of aromatic hydroxyl groups is 1. The van der Waals surface area contributed by atoms with Gasteiger partial charge >= 0.3 is 0 Å². The standard InChI is InChI=1S/C19H31NO/c1-4-12-20-18(14-15-6-5-7-17(21)13-15)16-8-10-19(2,3)11-9-16/h5-7,13,16,18,20-21H,4,8-12,14H2,1-3H3. The van der Waals surface area contributed by atoms with Gasteiger partial charge in [0, 0.05) is 6.04 Å². The molecule has 2 nitrogen and oxygen atoms in total. The quantitative estimate of drug-likeness (QED) is 0.807. The number of rotatable bonds is 6. The van der Waals surface area contributed by atoms with Gasteiger partial charge in [0.2, 0.25) is 0 Å². The second kappa shape index (κ2) is 7.31. The van der Waals surface area contributed by atoms with E-state index in [2.05, 4.69) is 32.2 Å². The first-order valence-corrected chi connectivity index (χ1v) is 8.51. The Morgan fingerprint density at radius 2 is 2.00 bits per heavy atom. The van der Waals surface area contributed by atoms with E-state index in [1.807, 2.05) is 12.1 Å². The summed E-state index contributed by atoms with van der Waals surface area (Å²) in [6.45, 7) is 8.10. The molecule has 21 heavy (non-hydrogen) atoms. The zero-order valence-electron chi connectivity index (χ0n) is 13.9. The maximum Gasteiger partial charge on any atom is 0.115 e. The van der Waals surface area contributed by atoms with E-state index < -0.39 is 0 Å². The van der Waals surface area contributed by atoms with Gasteiger partial charge in [-0.2, -0.15) is 0 Å². The van der Waals surface area contributed by atoms with Crippen molar-refractivity contribution in [2.24, 2.45) is 11.3 Å². The second-order valence-electron chi connectivity index (χ2n) is 7.44. The molecule has 0 aromatic heterocycles. The van der Waals surface area contributed by atoms with Crippen LogP contribution in [0.3, 0.4) is 0 Å². The van der Waals surface area contributed by atoms with E-state index in [-0.39, 0.29) is 0 Å². The van der Waals surface area contributed by atoms with Crippen LogP contribution in [0.1, 0.15) is 58.4 Å². The Bertz CT molecular complexity index is 431. The van der Waals surface area contributed by atoms with Crippen LogP contribution in [0.2, 0.25) is 0 Å². The summed E-state index contributed by atoms with van der Waals surface area (Å²) in [5.41, 5.74) is 1.77. The molecule has 0 amide bonds. The molecule has 0 bridgehead atoms. The van der Waals surface area contributed by atoms with Crippen molar-refractivity contribution < 1.29 is 5.11 Å². The molecule has 1 aliphatic carbocycles. The molecule has 0 saturated heterocycles. The number of phenolic OH excluding ortho intramolecular Hbond substituents is 1. The summed E-state index contributed by atoms with van der Waals surface area (Å²) < 4.78 is 0. The molecule has 1 aromatic carbocycles. The van der Waals surface area contributed by atoms with Crippen LogP contribution < -0.4 is 5.32 Å². The zero-order valence-corrected chi connectivity index (χ0v) is 13.9. The molecule has 0 heterocycles. The molecular weight excluding hydrogens is 258 g/mol. The Labute approximate surface area is 130 Å². The van der Waals surface area contributed by atoms with Gasteiger partial charge in [-0.25, -0.2) is 0 Å². The normalized spacial score (nSPS) is 20.3. The monoisotopic (exact) mass is 289 g/mol. The summed E-state index contributed by atoms with van der Waals surface area (Å²) in [7, 11) is 0. The fourth-order valence-electron chi connectivity index (χ4n) is 3.50. The number of hydrogen-bond donors (Lipinski definition) is 2. The fraction of sp³-hybridized carbons (Fsp3) is 0.684. The van der Waals surface area contributed by atoms with Gasteiger partial charge in [-0.1, -0.05) is 32.9 Å². The topological polar surface area (TPSA) is 32.3 Å². The molecule has 0 aliphatic heterocycles. The Morgan fingerprint density at radius 1 is 1.29 bits per heavy atom. The summed E-state index contributed by atoms with van der Waals surface area (Å²) in [5.74, 6) is 1.15. The summed E-state index contributed by atoms with van der Waals surface area (Å²) in [6.07, 6.45) is 7.53. The first-order chi connectivity index (χ1) is 10.00. The van der Waals surface area contributed by atoms with Gasteiger partial charge in [0.05, 0.1) is 0 Å². The van der Waals surface area contributed by atoms with E-state index in [9.17, 15) is 5.11 Å². The van der Waals surface area contributed by atoms with E-state index in [4.69, 9.17) is 0 Å². The van der Waals surface area contributed by atoms with Crippen LogP contribution >= 0.6 is 0 Å². The highest BCUT2D eigenvalue weighted by Gasteiger charge is 2.31. The summed E-state index contributed by atoms with van der Waals surface area (Å²) >= 11 is 0. The molecule has 2 heteroatoms. The molecule has 0 radical (unpaired) electrons. The third-order valence-corrected chi connectivity index (χ3v) is 4.98. The number of benzene rings is 1. The lowest BCUT2D eigenvalue weighted by atomic mass is 9.70. The molecule has 118 valence electrons. The predicted octanol–water partition coefficient (Wildman–Crippen LogP) is 4.52. The summed E-state index contributed by atoms with van der Waals surface area (Å²) in [5, 5.41) is 13.4. The van der Waals surface area contributed by atoms with Crippen LogP contribution in [-0.2, 0) is 6.42 Å². The highest BCUT2D eigenvalue weighted by molar-refractivity contribution is 5.27. The summed E-state index contributed by atoms with van der Waals surface area (Å²) in [4.78, 5) is 0. The third-order valence-electron chi connectivity index (χ3n) is 4.98. The average Bonchev–Trinajstić information content (AvgIpc) is 2.44. The SMILES string of the molecule is CCCNC(Cc1cccc(O)c1)C1CCC(C)(C)CC1. The minimum atomic E-state index is 0.381. The molecule has 1 saturated carbocycles. The van der Waals surface area contributed by atoms with Crippen molar-refractivity contribution in [2.75, 3.05) is 6.54 Å². The van der Waals surface area contributed by atoms with E-state index >= 15 is 0 Å². The van der Waals surface area contributed by atoms with Crippen LogP contribution in [-0.4, -0.2) is 17.7 Å². The number of nitrogens with one attached hydrogen (secondary N) is 1. The van der Waals surface area contributed by atoms with Crippen molar-refractivity contribution in [3.05, 3.63) is 29.8 Å². The average molecular weight is 289 g/mol. The van der Waals surface area contributed by atoms with E-state index in [0.29, 0.717) is 17.2 Å². The van der Waals surface area contributed by atoms with Gasteiger partial charge in [0.1, 0.15) is 5.75 Å². The Hall–Kier alpha value is -1.02. The van der Waals surface area contributed by atoms with Crippen molar-refractivity contribution >= 4 is 0 Å². The highest BCUT2D eigenvalue weighted by Crippen LogP contribution is 2.39. The van der Waals surface area contributed by atoms with Crippen LogP contribution in [0.25, 0.3) is 0 Å². The minimum absolute atomic E-state index is 0.381. The van der Waals surface area contributed by atoms with Crippen LogP contribution in [0.5, 0.6) is 5.75 Å². The molecule has 1 atom stereocenters. The molecule has 0 spiro atoms. The molecule has 2 rings (SSSR count). The van der Waals surface area contributed by atoms with Gasteiger partial charge in [-0.15, -0.1) is 0 Å². The van der Waals surface area contributed by atoms with Crippen molar-refractivity contribution in [3.8, 4) is 5.75 Å². The summed E-state index contributed by atoms with van der Waals surface area (Å²) in [6, 6.07) is 8.29. The fourth-order valence-corrected chi connectivity index (χ4v) is 3.50. The third kappa shape index (κ3) is 5.03. The van der Waals surface area contributed by atoms with Gasteiger partial charge in [-0.05, 0) is 74.1 Å². The zero-order chi connectivity index (χ0) is 15.3. The van der Waals surface area contributed by atoms with Crippen molar-refractivity contribution in [3.63, 3.8) is 0 Å². The van der Waals surface area contributed by atoms with Crippen molar-refractivity contribution in [1.29, 1.82) is 0 Å². The first-order valence-electron chi connectivity index (χ1n) is 8.51. The maximum atomic E-state index is 9.66. The molecule has 1 aliphatic rings. The number of phenols is 1. The van der Waals surface area contributed by atoms with E-state index in [0.717, 1.165) is 18.9 Å². The van der Waals surface area contributed by atoms with Gasteiger partial charge < -0.3 is 10.4 Å². The molecule has 1 aromatic rings. The lowest BCUT2D eigenvalue weighted by Crippen LogP contribution is -2.41. The van der Waals surface area contributed by atoms with Crippen LogP contribution in [0.4, 0.5) is 0 Å². The van der Waals surface area contributed by atoms with E-state index in [1.54, 1.807) is 6.07 Å². The molecular formula is C19H31NO. The predicted molar refractivity (Wildman–Crippen MR) is 89.6 cm³/mol. The van der Waals surface area contributed by atoms with Crippen molar-refractivity contribution in [2.45, 2.75) is 65.3 Å². The van der Waals surface area contributed by atoms with Crippen molar-refractivity contribution in [1.82, 2.24) is 5.32 Å². The molecule has 1 fully saturated rings. The lowest BCUT2D eigenvalue weighted by molar-refractivity contribution is 0.160. The Balaban J connectivity index is 2.00. The Morgan fingerprint density at radius 3 is 2.62 bits per heavy atom. The van der Waals surface area contributed by atoms with Crippen LogP contribution in [0.15, 0.2) is 24.3 Å². The van der Waals surface area contributed by atoms with Gasteiger partial charge in [-0.3, -0.25) is 0 Å². The smallest absolute Gasteiger partial charge is 0.115 e.